The first-order valence-corrected chi connectivity index (χ1v) is 5.83. The molecule has 1 aromatic carbocycles. The Morgan fingerprint density at radius 1 is 1.39 bits per heavy atom. The van der Waals surface area contributed by atoms with Crippen molar-refractivity contribution in [1.29, 1.82) is 0 Å². The average molecular weight is 244 g/mol. The van der Waals surface area contributed by atoms with Gasteiger partial charge in [0, 0.05) is 11.5 Å². The standard InChI is InChI=1S/C13H12N2O3/c1-7-6-9(4-5-10(7)13(16)17)12-15-14-11(18-12)8-2-3-8/h4-6,8H,2-3H2,1H3,(H,16,17). The van der Waals surface area contributed by atoms with Gasteiger partial charge >= 0.3 is 5.97 Å². The lowest BCUT2D eigenvalue weighted by molar-refractivity contribution is 0.0696. The lowest BCUT2D eigenvalue weighted by Gasteiger charge is -2.01. The molecule has 1 saturated carbocycles. The van der Waals surface area contributed by atoms with E-state index in [2.05, 4.69) is 10.2 Å². The van der Waals surface area contributed by atoms with Crippen LogP contribution in [0.2, 0.25) is 0 Å². The van der Waals surface area contributed by atoms with Gasteiger partial charge in [-0.3, -0.25) is 0 Å². The normalized spacial score (nSPS) is 14.7. The molecule has 1 aliphatic rings. The maximum atomic E-state index is 10.9. The second kappa shape index (κ2) is 3.94. The Bertz CT molecular complexity index is 614. The Hall–Kier alpha value is -2.17. The Morgan fingerprint density at radius 2 is 2.17 bits per heavy atom. The molecule has 0 unspecified atom stereocenters. The van der Waals surface area contributed by atoms with Crippen LogP contribution >= 0.6 is 0 Å². The van der Waals surface area contributed by atoms with Crippen molar-refractivity contribution in [2.75, 3.05) is 0 Å². The molecule has 0 aliphatic heterocycles. The summed E-state index contributed by atoms with van der Waals surface area (Å²) in [6.07, 6.45) is 2.22. The Balaban J connectivity index is 1.95. The zero-order valence-electron chi connectivity index (χ0n) is 9.88. The lowest BCUT2D eigenvalue weighted by atomic mass is 10.1. The van der Waals surface area contributed by atoms with Gasteiger partial charge in [0.05, 0.1) is 5.56 Å². The topological polar surface area (TPSA) is 76.2 Å². The molecule has 5 nitrogen and oxygen atoms in total. The van der Waals surface area contributed by atoms with Crippen LogP contribution in [0.1, 0.15) is 40.6 Å². The molecule has 5 heteroatoms. The molecule has 0 saturated heterocycles. The van der Waals surface area contributed by atoms with Crippen LogP contribution in [0.3, 0.4) is 0 Å². The monoisotopic (exact) mass is 244 g/mol. The van der Waals surface area contributed by atoms with Gasteiger partial charge in [0.25, 0.3) is 0 Å². The van der Waals surface area contributed by atoms with Gasteiger partial charge in [0.1, 0.15) is 0 Å². The molecule has 1 N–H and O–H groups in total. The number of benzene rings is 1. The molecule has 1 aromatic heterocycles. The molecule has 0 amide bonds. The summed E-state index contributed by atoms with van der Waals surface area (Å²) < 4.78 is 5.58. The van der Waals surface area contributed by atoms with E-state index < -0.39 is 5.97 Å². The summed E-state index contributed by atoms with van der Waals surface area (Å²) in [5.74, 6) is 0.635. The predicted molar refractivity (Wildman–Crippen MR) is 63.4 cm³/mol. The van der Waals surface area contributed by atoms with Gasteiger partial charge in [0.15, 0.2) is 0 Å². The van der Waals surface area contributed by atoms with Crippen molar-refractivity contribution in [3.63, 3.8) is 0 Å². The highest BCUT2D eigenvalue weighted by atomic mass is 16.4. The van der Waals surface area contributed by atoms with E-state index in [9.17, 15) is 4.79 Å². The van der Waals surface area contributed by atoms with Gasteiger partial charge in [0.2, 0.25) is 11.8 Å². The number of hydrogen-bond acceptors (Lipinski definition) is 4. The number of carboxylic acids is 1. The van der Waals surface area contributed by atoms with E-state index in [1.54, 1.807) is 25.1 Å². The minimum atomic E-state index is -0.928. The van der Waals surface area contributed by atoms with Gasteiger partial charge in [-0.15, -0.1) is 10.2 Å². The average Bonchev–Trinajstić information content (AvgIpc) is 3.06. The fraction of sp³-hybridized carbons (Fsp3) is 0.308. The highest BCUT2D eigenvalue weighted by Crippen LogP contribution is 2.39. The molecule has 0 radical (unpaired) electrons. The molecule has 0 spiro atoms. The van der Waals surface area contributed by atoms with Gasteiger partial charge in [-0.25, -0.2) is 4.79 Å². The summed E-state index contributed by atoms with van der Waals surface area (Å²) in [5, 5.41) is 17.0. The molecule has 2 aromatic rings. The second-order valence-corrected chi connectivity index (χ2v) is 4.55. The minimum Gasteiger partial charge on any atom is -0.478 e. The van der Waals surface area contributed by atoms with Crippen LogP contribution in [0.5, 0.6) is 0 Å². The van der Waals surface area contributed by atoms with E-state index in [0.29, 0.717) is 28.8 Å². The Morgan fingerprint density at radius 3 is 2.78 bits per heavy atom. The molecule has 92 valence electrons. The fourth-order valence-electron chi connectivity index (χ4n) is 1.88. The third-order valence-electron chi connectivity index (χ3n) is 3.07. The number of hydrogen-bond donors (Lipinski definition) is 1. The van der Waals surface area contributed by atoms with Gasteiger partial charge in [-0.05, 0) is 43.5 Å². The molecule has 1 heterocycles. The van der Waals surface area contributed by atoms with Crippen molar-refractivity contribution < 1.29 is 14.3 Å². The van der Waals surface area contributed by atoms with Crippen molar-refractivity contribution in [2.24, 2.45) is 0 Å². The van der Waals surface area contributed by atoms with E-state index in [0.717, 1.165) is 18.4 Å². The first kappa shape index (κ1) is 11.0. The van der Waals surface area contributed by atoms with Crippen molar-refractivity contribution in [2.45, 2.75) is 25.7 Å². The number of carbonyl (C=O) groups is 1. The van der Waals surface area contributed by atoms with Crippen LogP contribution in [-0.2, 0) is 0 Å². The molecule has 1 aliphatic carbocycles. The molecule has 18 heavy (non-hydrogen) atoms. The summed E-state index contributed by atoms with van der Waals surface area (Å²) >= 11 is 0. The Labute approximate surface area is 103 Å². The van der Waals surface area contributed by atoms with E-state index in [1.807, 2.05) is 0 Å². The number of aromatic nitrogens is 2. The molecular weight excluding hydrogens is 232 g/mol. The number of rotatable bonds is 3. The molecular formula is C13H12N2O3. The quantitative estimate of drug-likeness (QED) is 0.898. The van der Waals surface area contributed by atoms with E-state index in [-0.39, 0.29) is 0 Å². The highest BCUT2D eigenvalue weighted by Gasteiger charge is 2.29. The van der Waals surface area contributed by atoms with E-state index in [4.69, 9.17) is 9.52 Å². The van der Waals surface area contributed by atoms with Crippen LogP contribution in [0.25, 0.3) is 11.5 Å². The summed E-state index contributed by atoms with van der Waals surface area (Å²) in [5.41, 5.74) is 1.74. The van der Waals surface area contributed by atoms with E-state index >= 15 is 0 Å². The molecule has 1 fully saturated rings. The van der Waals surface area contributed by atoms with Gasteiger partial charge in [-0.1, -0.05) is 0 Å². The lowest BCUT2D eigenvalue weighted by Crippen LogP contribution is -1.99. The fourth-order valence-corrected chi connectivity index (χ4v) is 1.88. The number of nitrogens with zero attached hydrogens (tertiary/aromatic N) is 2. The molecule has 0 atom stereocenters. The van der Waals surface area contributed by atoms with Crippen molar-refractivity contribution >= 4 is 5.97 Å². The maximum Gasteiger partial charge on any atom is 0.335 e. The maximum absolute atomic E-state index is 10.9. The molecule has 0 bridgehead atoms. The number of aromatic carboxylic acids is 1. The van der Waals surface area contributed by atoms with Crippen LogP contribution in [0.15, 0.2) is 22.6 Å². The number of aryl methyl sites for hydroxylation is 1. The predicted octanol–water partition coefficient (Wildman–Crippen LogP) is 2.62. The highest BCUT2D eigenvalue weighted by molar-refractivity contribution is 5.90. The summed E-state index contributed by atoms with van der Waals surface area (Å²) in [7, 11) is 0. The van der Waals surface area contributed by atoms with Crippen molar-refractivity contribution in [1.82, 2.24) is 10.2 Å². The van der Waals surface area contributed by atoms with Gasteiger partial charge in [-0.2, -0.15) is 0 Å². The zero-order valence-corrected chi connectivity index (χ0v) is 9.88. The smallest absolute Gasteiger partial charge is 0.335 e. The van der Waals surface area contributed by atoms with Crippen molar-refractivity contribution in [3.05, 3.63) is 35.2 Å². The Kier molecular flexibility index (Phi) is 2.40. The second-order valence-electron chi connectivity index (χ2n) is 4.55. The summed E-state index contributed by atoms with van der Waals surface area (Å²) in [6.45, 7) is 1.76. The van der Waals surface area contributed by atoms with E-state index in [1.165, 1.54) is 0 Å². The summed E-state index contributed by atoms with van der Waals surface area (Å²) in [4.78, 5) is 10.9. The van der Waals surface area contributed by atoms with Gasteiger partial charge < -0.3 is 9.52 Å². The van der Waals surface area contributed by atoms with Crippen LogP contribution < -0.4 is 0 Å². The van der Waals surface area contributed by atoms with Crippen molar-refractivity contribution in [3.8, 4) is 11.5 Å². The minimum absolute atomic E-state index is 0.292. The first-order valence-electron chi connectivity index (χ1n) is 5.83. The molecule has 3 rings (SSSR count). The third kappa shape index (κ3) is 1.88. The van der Waals surface area contributed by atoms with Crippen LogP contribution in [0.4, 0.5) is 0 Å². The number of carboxylic acid groups (broad SMARTS) is 1. The van der Waals surface area contributed by atoms with Crippen LogP contribution in [-0.4, -0.2) is 21.3 Å². The first-order chi connectivity index (χ1) is 8.65. The third-order valence-corrected chi connectivity index (χ3v) is 3.07. The SMILES string of the molecule is Cc1cc(-c2nnc(C3CC3)o2)ccc1C(=O)O. The zero-order chi connectivity index (χ0) is 12.7. The van der Waals surface area contributed by atoms with Crippen LogP contribution in [0, 0.1) is 6.92 Å². The largest absolute Gasteiger partial charge is 0.478 e. The summed E-state index contributed by atoms with van der Waals surface area (Å²) in [6, 6.07) is 5.02.